The van der Waals surface area contributed by atoms with Crippen molar-refractivity contribution in [3.05, 3.63) is 35.4 Å². The third-order valence-corrected chi connectivity index (χ3v) is 6.15. The number of aliphatic hydroxyl groups is 1. The molecule has 0 aliphatic carbocycles. The second kappa shape index (κ2) is 9.20. The molecular formula is C23H36N2O2. The van der Waals surface area contributed by atoms with Gasteiger partial charge in [0.1, 0.15) is 0 Å². The lowest BCUT2D eigenvalue weighted by molar-refractivity contribution is 0.0682. The Balaban J connectivity index is 1.47. The molecule has 27 heavy (non-hydrogen) atoms. The third-order valence-electron chi connectivity index (χ3n) is 6.15. The van der Waals surface area contributed by atoms with Crippen molar-refractivity contribution < 1.29 is 9.90 Å². The van der Waals surface area contributed by atoms with Crippen LogP contribution in [0.2, 0.25) is 0 Å². The van der Waals surface area contributed by atoms with Crippen molar-refractivity contribution in [2.75, 3.05) is 32.7 Å². The fourth-order valence-electron chi connectivity index (χ4n) is 4.29. The summed E-state index contributed by atoms with van der Waals surface area (Å²) in [6.07, 6.45) is 7.78. The summed E-state index contributed by atoms with van der Waals surface area (Å²) in [6, 6.07) is 7.95. The van der Waals surface area contributed by atoms with Crippen molar-refractivity contribution in [3.8, 4) is 0 Å². The minimum absolute atomic E-state index is 0.165. The van der Waals surface area contributed by atoms with E-state index in [9.17, 15) is 9.90 Å². The van der Waals surface area contributed by atoms with Crippen molar-refractivity contribution in [2.24, 2.45) is 5.92 Å². The molecule has 2 aliphatic rings. The van der Waals surface area contributed by atoms with Crippen molar-refractivity contribution in [3.63, 3.8) is 0 Å². The predicted octanol–water partition coefficient (Wildman–Crippen LogP) is 3.73. The molecule has 0 spiro atoms. The first kappa shape index (κ1) is 20.3. The van der Waals surface area contributed by atoms with Crippen LogP contribution in [0.3, 0.4) is 0 Å². The number of rotatable bonds is 7. The van der Waals surface area contributed by atoms with Gasteiger partial charge in [0.05, 0.1) is 5.60 Å². The number of aryl methyl sites for hydroxylation is 1. The van der Waals surface area contributed by atoms with Gasteiger partial charge in [-0.2, -0.15) is 0 Å². The van der Waals surface area contributed by atoms with Crippen LogP contribution in [0.25, 0.3) is 0 Å². The van der Waals surface area contributed by atoms with Gasteiger partial charge in [0, 0.05) is 18.7 Å². The van der Waals surface area contributed by atoms with E-state index in [-0.39, 0.29) is 5.91 Å². The minimum Gasteiger partial charge on any atom is -0.390 e. The zero-order valence-electron chi connectivity index (χ0n) is 17.1. The highest BCUT2D eigenvalue weighted by Crippen LogP contribution is 2.23. The van der Waals surface area contributed by atoms with E-state index in [1.54, 1.807) is 0 Å². The highest BCUT2D eigenvalue weighted by molar-refractivity contribution is 5.94. The monoisotopic (exact) mass is 372 g/mol. The molecule has 150 valence electrons. The number of hydrogen-bond donors (Lipinski definition) is 1. The molecule has 1 N–H and O–H groups in total. The average Bonchev–Trinajstić information content (AvgIpc) is 3.18. The molecule has 4 nitrogen and oxygen atoms in total. The van der Waals surface area contributed by atoms with Gasteiger partial charge in [-0.15, -0.1) is 0 Å². The SMILES string of the molecule is CC(C)(O)CCc1cccc(C(=O)N2CCC(CCN3CCCC3)CC2)c1. The molecule has 4 heteroatoms. The fraction of sp³-hybridized carbons (Fsp3) is 0.696. The van der Waals surface area contributed by atoms with E-state index >= 15 is 0 Å². The second-order valence-corrected chi connectivity index (χ2v) is 9.09. The number of carbonyl (C=O) groups is 1. The first-order valence-electron chi connectivity index (χ1n) is 10.7. The van der Waals surface area contributed by atoms with Crippen LogP contribution in [0.5, 0.6) is 0 Å². The summed E-state index contributed by atoms with van der Waals surface area (Å²) in [5.41, 5.74) is 1.25. The molecule has 1 amide bonds. The molecule has 0 unspecified atom stereocenters. The van der Waals surface area contributed by atoms with Gasteiger partial charge in [0.2, 0.25) is 0 Å². The summed E-state index contributed by atoms with van der Waals surface area (Å²) in [7, 11) is 0. The maximum atomic E-state index is 12.9. The van der Waals surface area contributed by atoms with E-state index in [2.05, 4.69) is 4.90 Å². The molecule has 0 radical (unpaired) electrons. The molecule has 2 saturated heterocycles. The molecule has 3 rings (SSSR count). The molecular weight excluding hydrogens is 336 g/mol. The Bertz CT molecular complexity index is 609. The van der Waals surface area contributed by atoms with E-state index in [1.165, 1.54) is 38.9 Å². The van der Waals surface area contributed by atoms with Crippen molar-refractivity contribution >= 4 is 5.91 Å². The van der Waals surface area contributed by atoms with Crippen molar-refractivity contribution in [2.45, 2.75) is 64.4 Å². The molecule has 0 atom stereocenters. The van der Waals surface area contributed by atoms with Gasteiger partial charge in [-0.1, -0.05) is 12.1 Å². The van der Waals surface area contributed by atoms with Gasteiger partial charge in [-0.3, -0.25) is 4.79 Å². The minimum atomic E-state index is -0.670. The first-order valence-corrected chi connectivity index (χ1v) is 10.7. The Labute approximate surface area is 164 Å². The molecule has 0 saturated carbocycles. The van der Waals surface area contributed by atoms with Crippen molar-refractivity contribution in [1.29, 1.82) is 0 Å². The summed E-state index contributed by atoms with van der Waals surface area (Å²) in [6.45, 7) is 9.23. The van der Waals surface area contributed by atoms with E-state index < -0.39 is 5.60 Å². The number of benzene rings is 1. The number of nitrogens with zero attached hydrogens (tertiary/aromatic N) is 2. The predicted molar refractivity (Wildman–Crippen MR) is 110 cm³/mol. The van der Waals surface area contributed by atoms with Gasteiger partial charge in [0.25, 0.3) is 5.91 Å². The van der Waals surface area contributed by atoms with Crippen LogP contribution in [-0.2, 0) is 6.42 Å². The molecule has 1 aromatic rings. The van der Waals surface area contributed by atoms with Crippen LogP contribution < -0.4 is 0 Å². The number of carbonyl (C=O) groups excluding carboxylic acids is 1. The normalized spacial score (nSPS) is 19.6. The molecule has 2 heterocycles. The van der Waals surface area contributed by atoms with Gasteiger partial charge in [0.15, 0.2) is 0 Å². The zero-order valence-corrected chi connectivity index (χ0v) is 17.1. The van der Waals surface area contributed by atoms with Crippen LogP contribution in [-0.4, -0.2) is 59.1 Å². The van der Waals surface area contributed by atoms with E-state index in [0.29, 0.717) is 6.42 Å². The molecule has 2 fully saturated rings. The highest BCUT2D eigenvalue weighted by Gasteiger charge is 2.24. The van der Waals surface area contributed by atoms with E-state index in [4.69, 9.17) is 0 Å². The molecule has 1 aromatic carbocycles. The molecule has 2 aliphatic heterocycles. The maximum absolute atomic E-state index is 12.9. The lowest BCUT2D eigenvalue weighted by atomic mass is 9.92. The zero-order chi connectivity index (χ0) is 19.3. The quantitative estimate of drug-likeness (QED) is 0.793. The molecule has 0 aromatic heterocycles. The lowest BCUT2D eigenvalue weighted by Gasteiger charge is -2.33. The number of likely N-dealkylation sites (tertiary alicyclic amines) is 2. The summed E-state index contributed by atoms with van der Waals surface area (Å²) in [4.78, 5) is 17.5. The van der Waals surface area contributed by atoms with Gasteiger partial charge < -0.3 is 14.9 Å². The Kier molecular flexibility index (Phi) is 6.93. The lowest BCUT2D eigenvalue weighted by Crippen LogP contribution is -2.39. The van der Waals surface area contributed by atoms with Crippen LogP contribution in [0, 0.1) is 5.92 Å². The van der Waals surface area contributed by atoms with Gasteiger partial charge in [-0.25, -0.2) is 0 Å². The van der Waals surface area contributed by atoms with Crippen molar-refractivity contribution in [1.82, 2.24) is 9.80 Å². The summed E-state index contributed by atoms with van der Waals surface area (Å²) in [5.74, 6) is 0.936. The molecule has 0 bridgehead atoms. The Morgan fingerprint density at radius 2 is 1.85 bits per heavy atom. The van der Waals surface area contributed by atoms with E-state index in [1.807, 2.05) is 43.0 Å². The Hall–Kier alpha value is -1.39. The Morgan fingerprint density at radius 3 is 2.52 bits per heavy atom. The fourth-order valence-corrected chi connectivity index (χ4v) is 4.29. The smallest absolute Gasteiger partial charge is 0.253 e. The van der Waals surface area contributed by atoms with Crippen LogP contribution in [0.1, 0.15) is 68.3 Å². The summed E-state index contributed by atoms with van der Waals surface area (Å²) in [5, 5.41) is 9.92. The van der Waals surface area contributed by atoms with Crippen LogP contribution >= 0.6 is 0 Å². The number of amides is 1. The van der Waals surface area contributed by atoms with Crippen LogP contribution in [0.15, 0.2) is 24.3 Å². The van der Waals surface area contributed by atoms with Gasteiger partial charge in [-0.05, 0) is 102 Å². The Morgan fingerprint density at radius 1 is 1.15 bits per heavy atom. The van der Waals surface area contributed by atoms with Gasteiger partial charge >= 0.3 is 0 Å². The maximum Gasteiger partial charge on any atom is 0.253 e. The second-order valence-electron chi connectivity index (χ2n) is 9.09. The van der Waals surface area contributed by atoms with E-state index in [0.717, 1.165) is 49.4 Å². The standard InChI is InChI=1S/C23H36N2O2/c1-23(2,27)12-8-20-6-5-7-21(18-20)22(26)25-16-10-19(11-17-25)9-15-24-13-3-4-14-24/h5-7,18-19,27H,3-4,8-17H2,1-2H3. The number of piperidine rings is 1. The highest BCUT2D eigenvalue weighted by atomic mass is 16.3. The summed E-state index contributed by atoms with van der Waals surface area (Å²) < 4.78 is 0. The largest absolute Gasteiger partial charge is 0.390 e. The third kappa shape index (κ3) is 6.32. The average molecular weight is 373 g/mol. The first-order chi connectivity index (χ1) is 12.9. The van der Waals surface area contributed by atoms with Crippen LogP contribution in [0.4, 0.5) is 0 Å². The summed E-state index contributed by atoms with van der Waals surface area (Å²) >= 11 is 0. The topological polar surface area (TPSA) is 43.8 Å². The number of hydrogen-bond acceptors (Lipinski definition) is 3.